The first-order valence-corrected chi connectivity index (χ1v) is 8.91. The average molecular weight is 352 g/mol. The summed E-state index contributed by atoms with van der Waals surface area (Å²) in [5, 5.41) is 5.60. The lowest BCUT2D eigenvalue weighted by atomic mass is 9.90. The maximum absolute atomic E-state index is 12.5. The van der Waals surface area contributed by atoms with Gasteiger partial charge in [-0.25, -0.2) is 0 Å². The molecule has 0 aromatic heterocycles. The minimum absolute atomic E-state index is 0.112. The SMILES string of the molecule is COc1ccc(NC(C)=O)cc1NC(=O)Cc1ccc2c(c1)CCCC2. The van der Waals surface area contributed by atoms with Crippen molar-refractivity contribution in [3.63, 3.8) is 0 Å². The van der Waals surface area contributed by atoms with E-state index in [0.29, 0.717) is 23.5 Å². The van der Waals surface area contributed by atoms with Gasteiger partial charge in [0.05, 0.1) is 19.2 Å². The summed E-state index contributed by atoms with van der Waals surface area (Å²) in [4.78, 5) is 23.7. The van der Waals surface area contributed by atoms with Gasteiger partial charge in [0.2, 0.25) is 11.8 Å². The van der Waals surface area contributed by atoms with E-state index in [-0.39, 0.29) is 11.8 Å². The van der Waals surface area contributed by atoms with Crippen molar-refractivity contribution in [3.05, 3.63) is 53.1 Å². The summed E-state index contributed by atoms with van der Waals surface area (Å²) in [5.74, 6) is 0.276. The highest BCUT2D eigenvalue weighted by Gasteiger charge is 2.13. The van der Waals surface area contributed by atoms with Crippen LogP contribution >= 0.6 is 0 Å². The Morgan fingerprint density at radius 2 is 1.77 bits per heavy atom. The Bertz CT molecular complexity index is 830. The summed E-state index contributed by atoms with van der Waals surface area (Å²) < 4.78 is 5.30. The fourth-order valence-electron chi connectivity index (χ4n) is 3.36. The lowest BCUT2D eigenvalue weighted by molar-refractivity contribution is -0.116. The summed E-state index contributed by atoms with van der Waals surface area (Å²) in [6.45, 7) is 1.44. The molecule has 1 aliphatic carbocycles. The molecule has 26 heavy (non-hydrogen) atoms. The van der Waals surface area contributed by atoms with Gasteiger partial charge in [-0.1, -0.05) is 18.2 Å². The van der Waals surface area contributed by atoms with Gasteiger partial charge in [-0.2, -0.15) is 0 Å². The van der Waals surface area contributed by atoms with Crippen LogP contribution in [0.1, 0.15) is 36.5 Å². The topological polar surface area (TPSA) is 67.4 Å². The molecule has 0 fully saturated rings. The maximum atomic E-state index is 12.5. The van der Waals surface area contributed by atoms with Gasteiger partial charge in [0.15, 0.2) is 0 Å². The molecule has 0 atom stereocenters. The highest BCUT2D eigenvalue weighted by molar-refractivity contribution is 5.95. The summed E-state index contributed by atoms with van der Waals surface area (Å²) in [5.41, 5.74) is 4.95. The molecule has 5 nitrogen and oxygen atoms in total. The van der Waals surface area contributed by atoms with Crippen molar-refractivity contribution in [2.75, 3.05) is 17.7 Å². The molecule has 0 saturated heterocycles. The number of carbonyl (C=O) groups is 2. The lowest BCUT2D eigenvalue weighted by Crippen LogP contribution is -2.16. The first kappa shape index (κ1) is 18.0. The minimum atomic E-state index is -0.165. The average Bonchev–Trinajstić information content (AvgIpc) is 2.61. The highest BCUT2D eigenvalue weighted by Crippen LogP contribution is 2.28. The van der Waals surface area contributed by atoms with Crippen LogP contribution in [-0.4, -0.2) is 18.9 Å². The van der Waals surface area contributed by atoms with Gasteiger partial charge in [-0.3, -0.25) is 9.59 Å². The second-order valence-electron chi connectivity index (χ2n) is 6.63. The predicted octanol–water partition coefficient (Wildman–Crippen LogP) is 3.71. The minimum Gasteiger partial charge on any atom is -0.495 e. The summed E-state index contributed by atoms with van der Waals surface area (Å²) in [7, 11) is 1.55. The Kier molecular flexibility index (Phi) is 5.56. The van der Waals surface area contributed by atoms with Gasteiger partial charge in [0, 0.05) is 12.6 Å². The largest absolute Gasteiger partial charge is 0.495 e. The standard InChI is InChI=1S/C21H24N2O3/c1-14(24)22-18-9-10-20(26-2)19(13-18)23-21(25)12-15-7-8-16-5-3-4-6-17(16)11-15/h7-11,13H,3-6,12H2,1-2H3,(H,22,24)(H,23,25). The number of benzene rings is 2. The number of hydrogen-bond donors (Lipinski definition) is 2. The first-order valence-electron chi connectivity index (χ1n) is 8.91. The van der Waals surface area contributed by atoms with E-state index in [1.807, 2.05) is 6.07 Å². The van der Waals surface area contributed by atoms with Crippen molar-refractivity contribution in [2.45, 2.75) is 39.0 Å². The molecule has 1 aliphatic rings. The van der Waals surface area contributed by atoms with Gasteiger partial charge >= 0.3 is 0 Å². The van der Waals surface area contributed by atoms with Crippen LogP contribution in [0.3, 0.4) is 0 Å². The van der Waals surface area contributed by atoms with Gasteiger partial charge in [-0.15, -0.1) is 0 Å². The smallest absolute Gasteiger partial charge is 0.228 e. The van der Waals surface area contributed by atoms with Crippen molar-refractivity contribution in [1.29, 1.82) is 0 Å². The molecule has 0 aliphatic heterocycles. The van der Waals surface area contributed by atoms with E-state index < -0.39 is 0 Å². The third kappa shape index (κ3) is 4.42. The highest BCUT2D eigenvalue weighted by atomic mass is 16.5. The third-order valence-electron chi connectivity index (χ3n) is 4.57. The number of amides is 2. The molecule has 0 bridgehead atoms. The summed E-state index contributed by atoms with van der Waals surface area (Å²) in [6.07, 6.45) is 5.00. The number of carbonyl (C=O) groups excluding carboxylic acids is 2. The zero-order chi connectivity index (χ0) is 18.5. The molecular weight excluding hydrogens is 328 g/mol. The van der Waals surface area contributed by atoms with Crippen molar-refractivity contribution >= 4 is 23.2 Å². The van der Waals surface area contributed by atoms with Crippen molar-refractivity contribution in [3.8, 4) is 5.75 Å². The van der Waals surface area contributed by atoms with Gasteiger partial charge < -0.3 is 15.4 Å². The Balaban J connectivity index is 1.72. The molecule has 2 aromatic carbocycles. The normalized spacial score (nSPS) is 12.8. The molecule has 0 spiro atoms. The molecule has 136 valence electrons. The second-order valence-corrected chi connectivity index (χ2v) is 6.63. The van der Waals surface area contributed by atoms with Crippen LogP contribution in [0.4, 0.5) is 11.4 Å². The number of hydrogen-bond acceptors (Lipinski definition) is 3. The molecule has 0 saturated carbocycles. The second kappa shape index (κ2) is 8.04. The van der Waals surface area contributed by atoms with E-state index in [1.54, 1.807) is 25.3 Å². The van der Waals surface area contributed by atoms with E-state index in [2.05, 4.69) is 22.8 Å². The molecule has 5 heteroatoms. The number of ether oxygens (including phenoxy) is 1. The van der Waals surface area contributed by atoms with Crippen LogP contribution in [0.5, 0.6) is 5.75 Å². The van der Waals surface area contributed by atoms with Crippen LogP contribution in [0, 0.1) is 0 Å². The summed E-state index contributed by atoms with van der Waals surface area (Å²) in [6, 6.07) is 11.5. The maximum Gasteiger partial charge on any atom is 0.228 e. The number of aryl methyl sites for hydroxylation is 2. The van der Waals surface area contributed by atoms with E-state index in [4.69, 9.17) is 4.74 Å². The number of methoxy groups -OCH3 is 1. The Morgan fingerprint density at radius 1 is 1.00 bits per heavy atom. The van der Waals surface area contributed by atoms with Crippen LogP contribution in [-0.2, 0) is 28.9 Å². The third-order valence-corrected chi connectivity index (χ3v) is 4.57. The zero-order valence-corrected chi connectivity index (χ0v) is 15.2. The van der Waals surface area contributed by atoms with E-state index in [0.717, 1.165) is 18.4 Å². The van der Waals surface area contributed by atoms with Crippen LogP contribution in [0.2, 0.25) is 0 Å². The molecule has 2 aromatic rings. The van der Waals surface area contributed by atoms with E-state index >= 15 is 0 Å². The quantitative estimate of drug-likeness (QED) is 0.862. The van der Waals surface area contributed by atoms with E-state index in [9.17, 15) is 9.59 Å². The molecule has 0 radical (unpaired) electrons. The first-order chi connectivity index (χ1) is 12.5. The fraction of sp³-hybridized carbons (Fsp3) is 0.333. The Labute approximate surface area is 153 Å². The number of nitrogens with one attached hydrogen (secondary N) is 2. The Morgan fingerprint density at radius 3 is 2.50 bits per heavy atom. The van der Waals surface area contributed by atoms with Crippen LogP contribution in [0.25, 0.3) is 0 Å². The summed E-state index contributed by atoms with van der Waals surface area (Å²) >= 11 is 0. The van der Waals surface area contributed by atoms with Gasteiger partial charge in [0.1, 0.15) is 5.75 Å². The van der Waals surface area contributed by atoms with Gasteiger partial charge in [-0.05, 0) is 60.6 Å². The molecule has 0 unspecified atom stereocenters. The number of anilines is 2. The molecule has 0 heterocycles. The number of fused-ring (bicyclic) bond motifs is 1. The molecule has 2 N–H and O–H groups in total. The van der Waals surface area contributed by atoms with Crippen molar-refractivity contribution < 1.29 is 14.3 Å². The fourth-order valence-corrected chi connectivity index (χ4v) is 3.36. The number of rotatable bonds is 5. The van der Waals surface area contributed by atoms with Gasteiger partial charge in [0.25, 0.3) is 0 Å². The lowest BCUT2D eigenvalue weighted by Gasteiger charge is -2.17. The van der Waals surface area contributed by atoms with Crippen LogP contribution < -0.4 is 15.4 Å². The molecular formula is C21H24N2O3. The molecule has 2 amide bonds. The van der Waals surface area contributed by atoms with Crippen molar-refractivity contribution in [2.24, 2.45) is 0 Å². The zero-order valence-electron chi connectivity index (χ0n) is 15.2. The Hall–Kier alpha value is -2.82. The molecule has 3 rings (SSSR count). The van der Waals surface area contributed by atoms with E-state index in [1.165, 1.54) is 30.9 Å². The van der Waals surface area contributed by atoms with Crippen molar-refractivity contribution in [1.82, 2.24) is 0 Å². The monoisotopic (exact) mass is 352 g/mol. The predicted molar refractivity (Wildman–Crippen MR) is 103 cm³/mol. The van der Waals surface area contributed by atoms with Crippen LogP contribution in [0.15, 0.2) is 36.4 Å².